The van der Waals surface area contributed by atoms with E-state index in [1.807, 2.05) is 13.2 Å². The molecule has 2 rings (SSSR count). The van der Waals surface area contributed by atoms with E-state index in [9.17, 15) is 14.4 Å². The van der Waals surface area contributed by atoms with Crippen LogP contribution in [0.4, 0.5) is 0 Å². The van der Waals surface area contributed by atoms with Gasteiger partial charge in [0.25, 0.3) is 5.91 Å². The van der Waals surface area contributed by atoms with Gasteiger partial charge in [-0.05, 0) is 32.1 Å². The average Bonchev–Trinajstić information content (AvgIpc) is 3.31. The van der Waals surface area contributed by atoms with Gasteiger partial charge in [0.1, 0.15) is 6.04 Å². The molecule has 1 fully saturated rings. The normalized spacial score (nSPS) is 15.8. The van der Waals surface area contributed by atoms with Crippen molar-refractivity contribution in [3.05, 3.63) is 18.2 Å². The van der Waals surface area contributed by atoms with E-state index in [1.165, 1.54) is 11.8 Å². The van der Waals surface area contributed by atoms with Crippen LogP contribution in [-0.4, -0.2) is 57.0 Å². The third-order valence-corrected chi connectivity index (χ3v) is 4.83. The van der Waals surface area contributed by atoms with Crippen molar-refractivity contribution in [1.82, 2.24) is 25.2 Å². The molecule has 1 aromatic rings. The Morgan fingerprint density at radius 1 is 1.38 bits per heavy atom. The number of carbonyl (C=O) groups excluding carboxylic acids is 3. The number of carbonyl (C=O) groups is 3. The molecule has 0 saturated heterocycles. The highest BCUT2D eigenvalue weighted by atomic mass is 16.5. The summed E-state index contributed by atoms with van der Waals surface area (Å²) >= 11 is 0. The van der Waals surface area contributed by atoms with Crippen LogP contribution in [0.1, 0.15) is 44.7 Å². The van der Waals surface area contributed by atoms with E-state index < -0.39 is 17.4 Å². The number of amides is 3. The summed E-state index contributed by atoms with van der Waals surface area (Å²) in [5.41, 5.74) is 1.70. The molecule has 26 heavy (non-hydrogen) atoms. The lowest BCUT2D eigenvalue weighted by atomic mass is 9.99. The molecule has 9 heteroatoms. The van der Waals surface area contributed by atoms with Crippen LogP contribution in [-0.2, 0) is 26.8 Å². The molecule has 9 nitrogen and oxygen atoms in total. The molecule has 3 amide bonds. The second-order valence-electron chi connectivity index (χ2n) is 6.89. The molecule has 1 atom stereocenters. The lowest BCUT2D eigenvalue weighted by Crippen LogP contribution is -2.50. The first-order valence-corrected chi connectivity index (χ1v) is 8.76. The fourth-order valence-corrected chi connectivity index (χ4v) is 3.15. The molecule has 0 unspecified atom stereocenters. The predicted octanol–water partition coefficient (Wildman–Crippen LogP) is 0.0905. The molecule has 0 bridgehead atoms. The first-order chi connectivity index (χ1) is 12.3. The van der Waals surface area contributed by atoms with Gasteiger partial charge >= 0.3 is 0 Å². The van der Waals surface area contributed by atoms with Gasteiger partial charge in [-0.3, -0.25) is 19.6 Å². The van der Waals surface area contributed by atoms with Crippen molar-refractivity contribution in [1.29, 1.82) is 0 Å². The van der Waals surface area contributed by atoms with E-state index in [0.717, 1.165) is 0 Å². The van der Waals surface area contributed by atoms with E-state index >= 15 is 0 Å². The van der Waals surface area contributed by atoms with Gasteiger partial charge < -0.3 is 14.8 Å². The highest BCUT2D eigenvalue weighted by Gasteiger charge is 2.55. The van der Waals surface area contributed by atoms with Crippen molar-refractivity contribution in [2.24, 2.45) is 7.05 Å². The standard InChI is InChI=1S/C17H27N5O4/c1-12(23)18-9-5-4-6-13(15(24)20-26)22(3)16(25)17(7-8-17)14-10-21(2)11-19-14/h10-11,13,26H,4-9H2,1-3H3,(H,18,23)(H,20,24)/t13-/m1/s1. The maximum atomic E-state index is 13.0. The fraction of sp³-hybridized carbons (Fsp3) is 0.647. The predicted molar refractivity (Wildman–Crippen MR) is 93.1 cm³/mol. The van der Waals surface area contributed by atoms with Crippen LogP contribution >= 0.6 is 0 Å². The van der Waals surface area contributed by atoms with E-state index in [4.69, 9.17) is 5.21 Å². The first kappa shape index (κ1) is 19.9. The van der Waals surface area contributed by atoms with Gasteiger partial charge in [-0.15, -0.1) is 0 Å². The monoisotopic (exact) mass is 365 g/mol. The maximum Gasteiger partial charge on any atom is 0.266 e. The van der Waals surface area contributed by atoms with Crippen LogP contribution in [0.3, 0.4) is 0 Å². The zero-order valence-corrected chi connectivity index (χ0v) is 15.5. The van der Waals surface area contributed by atoms with Crippen LogP contribution in [0.2, 0.25) is 0 Å². The molecule has 1 aliphatic carbocycles. The van der Waals surface area contributed by atoms with Gasteiger partial charge in [0.2, 0.25) is 11.8 Å². The quantitative estimate of drug-likeness (QED) is 0.326. The summed E-state index contributed by atoms with van der Waals surface area (Å²) in [6.07, 6.45) is 6.59. The molecule has 1 aromatic heterocycles. The number of hydrogen-bond donors (Lipinski definition) is 3. The number of nitrogens with one attached hydrogen (secondary N) is 2. The summed E-state index contributed by atoms with van der Waals surface area (Å²) in [6.45, 7) is 1.96. The number of aryl methyl sites for hydroxylation is 1. The Kier molecular flexibility index (Phi) is 6.36. The number of imidazole rings is 1. The number of unbranched alkanes of at least 4 members (excludes halogenated alkanes) is 1. The number of hydroxylamine groups is 1. The Morgan fingerprint density at radius 2 is 2.08 bits per heavy atom. The van der Waals surface area contributed by atoms with Crippen molar-refractivity contribution in [3.63, 3.8) is 0 Å². The lowest BCUT2D eigenvalue weighted by Gasteiger charge is -2.29. The highest BCUT2D eigenvalue weighted by Crippen LogP contribution is 2.49. The van der Waals surface area contributed by atoms with Gasteiger partial charge in [0.15, 0.2) is 0 Å². The summed E-state index contributed by atoms with van der Waals surface area (Å²) in [7, 11) is 3.43. The molecule has 1 heterocycles. The molecule has 0 aromatic carbocycles. The molecule has 0 aliphatic heterocycles. The summed E-state index contributed by atoms with van der Waals surface area (Å²) in [4.78, 5) is 41.7. The highest BCUT2D eigenvalue weighted by molar-refractivity contribution is 5.94. The number of hydrogen-bond acceptors (Lipinski definition) is 5. The molecule has 3 N–H and O–H groups in total. The van der Waals surface area contributed by atoms with E-state index in [0.29, 0.717) is 44.3 Å². The maximum absolute atomic E-state index is 13.0. The van der Waals surface area contributed by atoms with Crippen molar-refractivity contribution in [2.75, 3.05) is 13.6 Å². The van der Waals surface area contributed by atoms with Crippen molar-refractivity contribution in [3.8, 4) is 0 Å². The SMILES string of the molecule is CC(=O)NCCCC[C@H](C(=O)NO)N(C)C(=O)C1(c2cn(C)cn2)CC1. The molecule has 144 valence electrons. The van der Waals surface area contributed by atoms with Crippen LogP contribution in [0.5, 0.6) is 0 Å². The molecular weight excluding hydrogens is 338 g/mol. The first-order valence-electron chi connectivity index (χ1n) is 8.76. The number of nitrogens with zero attached hydrogens (tertiary/aromatic N) is 3. The smallest absolute Gasteiger partial charge is 0.266 e. The third kappa shape index (κ3) is 4.40. The van der Waals surface area contributed by atoms with Crippen LogP contribution in [0, 0.1) is 0 Å². The lowest BCUT2D eigenvalue weighted by molar-refractivity contribution is -0.145. The zero-order chi connectivity index (χ0) is 19.3. The van der Waals surface area contributed by atoms with Crippen molar-refractivity contribution < 1.29 is 19.6 Å². The average molecular weight is 365 g/mol. The Morgan fingerprint density at radius 3 is 2.58 bits per heavy atom. The Hall–Kier alpha value is -2.42. The van der Waals surface area contributed by atoms with Gasteiger partial charge in [-0.25, -0.2) is 10.5 Å². The van der Waals surface area contributed by atoms with E-state index in [1.54, 1.807) is 23.4 Å². The Labute approximate surface area is 152 Å². The van der Waals surface area contributed by atoms with Crippen molar-refractivity contribution in [2.45, 2.75) is 50.5 Å². The van der Waals surface area contributed by atoms with Crippen LogP contribution in [0.25, 0.3) is 0 Å². The minimum atomic E-state index is -0.772. The van der Waals surface area contributed by atoms with E-state index in [2.05, 4.69) is 10.3 Å². The molecule has 1 saturated carbocycles. The van der Waals surface area contributed by atoms with Crippen molar-refractivity contribution >= 4 is 17.7 Å². The number of aromatic nitrogens is 2. The zero-order valence-electron chi connectivity index (χ0n) is 15.5. The summed E-state index contributed by atoms with van der Waals surface area (Å²) in [6, 6.07) is -0.772. The second kappa shape index (κ2) is 8.31. The molecular formula is C17H27N5O4. The van der Waals surface area contributed by atoms with Gasteiger partial charge in [-0.1, -0.05) is 0 Å². The topological polar surface area (TPSA) is 117 Å². The van der Waals surface area contributed by atoms with Crippen LogP contribution in [0.15, 0.2) is 12.5 Å². The summed E-state index contributed by atoms with van der Waals surface area (Å²) in [5, 5.41) is 11.7. The fourth-order valence-electron chi connectivity index (χ4n) is 3.15. The Balaban J connectivity index is 2.01. The summed E-state index contributed by atoms with van der Waals surface area (Å²) in [5.74, 6) is -0.878. The minimum absolute atomic E-state index is 0.104. The molecule has 1 aliphatic rings. The van der Waals surface area contributed by atoms with Gasteiger partial charge in [0, 0.05) is 33.8 Å². The second-order valence-corrected chi connectivity index (χ2v) is 6.89. The summed E-state index contributed by atoms with van der Waals surface area (Å²) < 4.78 is 1.79. The van der Waals surface area contributed by atoms with E-state index in [-0.39, 0.29) is 11.8 Å². The molecule has 0 spiro atoms. The largest absolute Gasteiger partial charge is 0.356 e. The Bertz CT molecular complexity index is 668. The molecule has 0 radical (unpaired) electrons. The van der Waals surface area contributed by atoms with Crippen LogP contribution < -0.4 is 10.8 Å². The minimum Gasteiger partial charge on any atom is -0.356 e. The van der Waals surface area contributed by atoms with Gasteiger partial charge in [0.05, 0.1) is 17.4 Å². The third-order valence-electron chi connectivity index (χ3n) is 4.83. The number of rotatable bonds is 9. The van der Waals surface area contributed by atoms with Gasteiger partial charge in [-0.2, -0.15) is 0 Å². The number of likely N-dealkylation sites (N-methyl/N-ethyl adjacent to an activating group) is 1.